The van der Waals surface area contributed by atoms with E-state index in [9.17, 15) is 0 Å². The Labute approximate surface area is 106 Å². The van der Waals surface area contributed by atoms with Gasteiger partial charge in [0.2, 0.25) is 0 Å². The van der Waals surface area contributed by atoms with Gasteiger partial charge in [-0.15, -0.1) is 0 Å². The van der Waals surface area contributed by atoms with Crippen LogP contribution in [0.1, 0.15) is 0 Å². The second-order valence-corrected chi connectivity index (χ2v) is 4.01. The number of benzene rings is 1. The second kappa shape index (κ2) is 4.80. The molecule has 0 fully saturated rings. The maximum atomic E-state index is 4.34. The molecule has 0 aliphatic carbocycles. The highest BCUT2D eigenvalue weighted by molar-refractivity contribution is 5.66. The number of nitrogens with zero attached hydrogens (tertiary/aromatic N) is 2. The van der Waals surface area contributed by atoms with Crippen LogP contribution in [0.2, 0.25) is 0 Å². The van der Waals surface area contributed by atoms with Crippen molar-refractivity contribution in [2.45, 2.75) is 0 Å². The summed E-state index contributed by atoms with van der Waals surface area (Å²) in [4.78, 5) is 8.67. The second-order valence-electron chi connectivity index (χ2n) is 4.01. The molecule has 0 saturated carbocycles. The Morgan fingerprint density at radius 3 is 1.28 bits per heavy atom. The molecule has 18 heavy (non-hydrogen) atoms. The Balaban J connectivity index is 1.95. The fourth-order valence-corrected chi connectivity index (χ4v) is 1.88. The zero-order valence-corrected chi connectivity index (χ0v) is 9.82. The van der Waals surface area contributed by atoms with Crippen LogP contribution in [0.4, 0.5) is 0 Å². The van der Waals surface area contributed by atoms with Crippen molar-refractivity contribution in [3.05, 3.63) is 73.1 Å². The summed E-state index contributed by atoms with van der Waals surface area (Å²) in [5, 5.41) is 0. The highest BCUT2D eigenvalue weighted by atomic mass is 14.7. The number of pyridine rings is 2. The lowest BCUT2D eigenvalue weighted by Crippen LogP contribution is -1.84. The third-order valence-corrected chi connectivity index (χ3v) is 2.81. The minimum atomic E-state index is 0.991. The standard InChI is InChI=1S/C16H12N2/c1-3-11-17-15(5-1)13-7-9-14(10-8-13)16-6-2-4-12-18-16/h1-12H. The van der Waals surface area contributed by atoms with Gasteiger partial charge in [-0.05, 0) is 24.3 Å². The molecule has 0 bridgehead atoms. The van der Waals surface area contributed by atoms with Crippen LogP contribution in [-0.4, -0.2) is 9.97 Å². The van der Waals surface area contributed by atoms with E-state index in [2.05, 4.69) is 34.2 Å². The first-order chi connectivity index (χ1) is 8.93. The highest BCUT2D eigenvalue weighted by Gasteiger charge is 2.00. The minimum Gasteiger partial charge on any atom is -0.256 e. The predicted molar refractivity (Wildman–Crippen MR) is 72.9 cm³/mol. The van der Waals surface area contributed by atoms with E-state index in [-0.39, 0.29) is 0 Å². The maximum absolute atomic E-state index is 4.34. The van der Waals surface area contributed by atoms with Gasteiger partial charge in [0.25, 0.3) is 0 Å². The van der Waals surface area contributed by atoms with Crippen molar-refractivity contribution in [1.82, 2.24) is 9.97 Å². The van der Waals surface area contributed by atoms with Gasteiger partial charge in [0.15, 0.2) is 0 Å². The SMILES string of the molecule is c1ccc(-c2ccc(-c3ccccn3)cc2)nc1. The summed E-state index contributed by atoms with van der Waals surface area (Å²) in [5.74, 6) is 0. The van der Waals surface area contributed by atoms with Gasteiger partial charge < -0.3 is 0 Å². The number of hydrogen-bond acceptors (Lipinski definition) is 2. The van der Waals surface area contributed by atoms with E-state index in [1.54, 1.807) is 0 Å². The van der Waals surface area contributed by atoms with E-state index in [0.717, 1.165) is 22.5 Å². The smallest absolute Gasteiger partial charge is 0.0701 e. The van der Waals surface area contributed by atoms with Gasteiger partial charge in [0.1, 0.15) is 0 Å². The van der Waals surface area contributed by atoms with Gasteiger partial charge in [-0.25, -0.2) is 0 Å². The molecular formula is C16H12N2. The monoisotopic (exact) mass is 232 g/mol. The minimum absolute atomic E-state index is 0.991. The lowest BCUT2D eigenvalue weighted by Gasteiger charge is -2.03. The topological polar surface area (TPSA) is 25.8 Å². The number of rotatable bonds is 2. The molecule has 1 aromatic carbocycles. The molecule has 0 atom stereocenters. The van der Waals surface area contributed by atoms with E-state index in [1.165, 1.54) is 0 Å². The third kappa shape index (κ3) is 2.13. The maximum Gasteiger partial charge on any atom is 0.0701 e. The van der Waals surface area contributed by atoms with E-state index in [4.69, 9.17) is 0 Å². The first kappa shape index (κ1) is 10.7. The summed E-state index contributed by atoms with van der Waals surface area (Å²) in [5.41, 5.74) is 4.22. The highest BCUT2D eigenvalue weighted by Crippen LogP contribution is 2.21. The molecule has 0 spiro atoms. The van der Waals surface area contributed by atoms with Crippen LogP contribution in [0.15, 0.2) is 73.1 Å². The molecule has 0 amide bonds. The molecule has 0 saturated heterocycles. The molecule has 0 aliphatic heterocycles. The van der Waals surface area contributed by atoms with Gasteiger partial charge in [-0.3, -0.25) is 9.97 Å². The van der Waals surface area contributed by atoms with Crippen LogP contribution in [0, 0.1) is 0 Å². The predicted octanol–water partition coefficient (Wildman–Crippen LogP) is 3.81. The molecule has 2 nitrogen and oxygen atoms in total. The van der Waals surface area contributed by atoms with Crippen molar-refractivity contribution in [1.29, 1.82) is 0 Å². The van der Waals surface area contributed by atoms with E-state index >= 15 is 0 Å². The average Bonchev–Trinajstić information content (AvgIpc) is 2.49. The van der Waals surface area contributed by atoms with Crippen molar-refractivity contribution in [2.24, 2.45) is 0 Å². The summed E-state index contributed by atoms with van der Waals surface area (Å²) >= 11 is 0. The Hall–Kier alpha value is -2.48. The number of hydrogen-bond donors (Lipinski definition) is 0. The van der Waals surface area contributed by atoms with Crippen molar-refractivity contribution in [2.75, 3.05) is 0 Å². The molecule has 2 aromatic heterocycles. The van der Waals surface area contributed by atoms with Crippen molar-refractivity contribution < 1.29 is 0 Å². The van der Waals surface area contributed by atoms with Crippen molar-refractivity contribution >= 4 is 0 Å². The molecule has 3 rings (SSSR count). The molecule has 0 aliphatic rings. The van der Waals surface area contributed by atoms with Crippen molar-refractivity contribution in [3.63, 3.8) is 0 Å². The Kier molecular flexibility index (Phi) is 2.84. The molecule has 2 heterocycles. The Morgan fingerprint density at radius 2 is 0.944 bits per heavy atom. The van der Waals surface area contributed by atoms with Crippen LogP contribution in [-0.2, 0) is 0 Å². The van der Waals surface area contributed by atoms with Gasteiger partial charge in [-0.1, -0.05) is 36.4 Å². The van der Waals surface area contributed by atoms with Gasteiger partial charge in [-0.2, -0.15) is 0 Å². The molecular weight excluding hydrogens is 220 g/mol. The molecule has 3 aromatic rings. The molecule has 2 heteroatoms. The summed E-state index contributed by atoms with van der Waals surface area (Å²) in [6.07, 6.45) is 3.62. The van der Waals surface area contributed by atoms with Crippen LogP contribution in [0.25, 0.3) is 22.5 Å². The number of aromatic nitrogens is 2. The summed E-state index contributed by atoms with van der Waals surface area (Å²) < 4.78 is 0. The van der Waals surface area contributed by atoms with Gasteiger partial charge in [0.05, 0.1) is 11.4 Å². The summed E-state index contributed by atoms with van der Waals surface area (Å²) in [7, 11) is 0. The largest absolute Gasteiger partial charge is 0.256 e. The van der Waals surface area contributed by atoms with Crippen LogP contribution < -0.4 is 0 Å². The third-order valence-electron chi connectivity index (χ3n) is 2.81. The molecule has 86 valence electrons. The van der Waals surface area contributed by atoms with Crippen LogP contribution >= 0.6 is 0 Å². The normalized spacial score (nSPS) is 10.2. The first-order valence-corrected chi connectivity index (χ1v) is 5.86. The van der Waals surface area contributed by atoms with Crippen LogP contribution in [0.5, 0.6) is 0 Å². The molecule has 0 unspecified atom stereocenters. The van der Waals surface area contributed by atoms with E-state index in [1.807, 2.05) is 48.8 Å². The van der Waals surface area contributed by atoms with E-state index in [0.29, 0.717) is 0 Å². The lowest BCUT2D eigenvalue weighted by molar-refractivity contribution is 1.31. The first-order valence-electron chi connectivity index (χ1n) is 5.86. The van der Waals surface area contributed by atoms with Gasteiger partial charge >= 0.3 is 0 Å². The fourth-order valence-electron chi connectivity index (χ4n) is 1.88. The Bertz CT molecular complexity index is 558. The molecule has 0 N–H and O–H groups in total. The van der Waals surface area contributed by atoms with Gasteiger partial charge in [0, 0.05) is 23.5 Å². The lowest BCUT2D eigenvalue weighted by atomic mass is 10.1. The zero-order valence-electron chi connectivity index (χ0n) is 9.82. The summed E-state index contributed by atoms with van der Waals surface area (Å²) in [6.45, 7) is 0. The zero-order chi connectivity index (χ0) is 12.2. The molecule has 0 radical (unpaired) electrons. The van der Waals surface area contributed by atoms with Crippen LogP contribution in [0.3, 0.4) is 0 Å². The van der Waals surface area contributed by atoms with E-state index < -0.39 is 0 Å². The van der Waals surface area contributed by atoms with Crippen molar-refractivity contribution in [3.8, 4) is 22.5 Å². The summed E-state index contributed by atoms with van der Waals surface area (Å²) in [6, 6.07) is 20.2. The fraction of sp³-hybridized carbons (Fsp3) is 0. The average molecular weight is 232 g/mol. The Morgan fingerprint density at radius 1 is 0.500 bits per heavy atom. The quantitative estimate of drug-likeness (QED) is 0.671.